The Morgan fingerprint density at radius 1 is 1.41 bits per heavy atom. The molecule has 0 aliphatic heterocycles. The average molecular weight is 238 g/mol. The molecule has 1 rings (SSSR count). The molecule has 3 heteroatoms. The Morgan fingerprint density at radius 3 is 2.71 bits per heavy atom. The lowest BCUT2D eigenvalue weighted by molar-refractivity contribution is 0.0660. The van der Waals surface area contributed by atoms with Gasteiger partial charge in [0.05, 0.1) is 5.60 Å². The molecular weight excluding hydrogens is 212 g/mol. The van der Waals surface area contributed by atoms with E-state index in [0.29, 0.717) is 5.92 Å². The van der Waals surface area contributed by atoms with E-state index in [1.807, 2.05) is 13.8 Å². The van der Waals surface area contributed by atoms with Crippen molar-refractivity contribution in [1.82, 2.24) is 9.88 Å². The fourth-order valence-electron chi connectivity index (χ4n) is 1.71. The van der Waals surface area contributed by atoms with E-state index in [4.69, 9.17) is 0 Å². The standard InChI is InChI=1S/C14H26N2O/c1-12(2)10-15-11-13-6-5-8-16(13)9-7-14(3,4)17/h5-6,8,12,15,17H,7,9-11H2,1-4H3. The van der Waals surface area contributed by atoms with Crippen molar-refractivity contribution in [3.63, 3.8) is 0 Å². The minimum absolute atomic E-state index is 0.590. The molecule has 1 aromatic heterocycles. The fraction of sp³-hybridized carbons (Fsp3) is 0.714. The first-order valence-electron chi connectivity index (χ1n) is 6.45. The number of hydrogen-bond acceptors (Lipinski definition) is 2. The van der Waals surface area contributed by atoms with Crippen LogP contribution in [0.4, 0.5) is 0 Å². The van der Waals surface area contributed by atoms with Gasteiger partial charge in [-0.05, 0) is 44.9 Å². The summed E-state index contributed by atoms with van der Waals surface area (Å²) in [5, 5.41) is 13.2. The van der Waals surface area contributed by atoms with Crippen molar-refractivity contribution in [3.8, 4) is 0 Å². The molecule has 0 fully saturated rings. The molecule has 0 aliphatic carbocycles. The molecule has 0 unspecified atom stereocenters. The van der Waals surface area contributed by atoms with Crippen molar-refractivity contribution >= 4 is 0 Å². The first-order chi connectivity index (χ1) is 7.88. The van der Waals surface area contributed by atoms with Crippen molar-refractivity contribution < 1.29 is 5.11 Å². The smallest absolute Gasteiger partial charge is 0.0608 e. The Hall–Kier alpha value is -0.800. The first kappa shape index (κ1) is 14.3. The van der Waals surface area contributed by atoms with Gasteiger partial charge >= 0.3 is 0 Å². The monoisotopic (exact) mass is 238 g/mol. The Morgan fingerprint density at radius 2 is 2.12 bits per heavy atom. The molecule has 1 heterocycles. The van der Waals surface area contributed by atoms with Gasteiger partial charge in [-0.2, -0.15) is 0 Å². The molecule has 98 valence electrons. The van der Waals surface area contributed by atoms with Crippen molar-refractivity contribution in [2.24, 2.45) is 5.92 Å². The molecule has 0 aliphatic rings. The maximum absolute atomic E-state index is 9.73. The Bertz CT molecular complexity index is 323. The van der Waals surface area contributed by atoms with Gasteiger partial charge in [0, 0.05) is 25.0 Å². The molecule has 0 saturated heterocycles. The van der Waals surface area contributed by atoms with Crippen molar-refractivity contribution in [2.45, 2.75) is 52.8 Å². The predicted octanol–water partition coefficient (Wildman–Crippen LogP) is 2.39. The number of hydrogen-bond donors (Lipinski definition) is 2. The Kier molecular flexibility index (Phi) is 5.22. The van der Waals surface area contributed by atoms with Gasteiger partial charge in [-0.1, -0.05) is 13.8 Å². The number of aromatic nitrogens is 1. The van der Waals surface area contributed by atoms with Crippen LogP contribution in [0.1, 0.15) is 39.8 Å². The maximum Gasteiger partial charge on any atom is 0.0608 e. The number of nitrogens with one attached hydrogen (secondary N) is 1. The van der Waals surface area contributed by atoms with E-state index in [2.05, 4.69) is 42.1 Å². The summed E-state index contributed by atoms with van der Waals surface area (Å²) in [6.45, 7) is 10.9. The predicted molar refractivity (Wildman–Crippen MR) is 71.9 cm³/mol. The fourth-order valence-corrected chi connectivity index (χ4v) is 1.71. The van der Waals surface area contributed by atoms with E-state index in [1.165, 1.54) is 5.69 Å². The molecule has 0 spiro atoms. The first-order valence-corrected chi connectivity index (χ1v) is 6.45. The summed E-state index contributed by atoms with van der Waals surface area (Å²) in [6, 6.07) is 4.20. The zero-order valence-electron chi connectivity index (χ0n) is 11.5. The quantitative estimate of drug-likeness (QED) is 0.765. The lowest BCUT2D eigenvalue weighted by Gasteiger charge is -2.18. The third kappa shape index (κ3) is 5.89. The molecule has 0 radical (unpaired) electrons. The lowest BCUT2D eigenvalue weighted by atomic mass is 10.1. The molecule has 17 heavy (non-hydrogen) atoms. The van der Waals surface area contributed by atoms with Gasteiger partial charge in [-0.15, -0.1) is 0 Å². The van der Waals surface area contributed by atoms with Crippen LogP contribution in [0.25, 0.3) is 0 Å². The summed E-state index contributed by atoms with van der Waals surface area (Å²) in [7, 11) is 0. The maximum atomic E-state index is 9.73. The second kappa shape index (κ2) is 6.22. The SMILES string of the molecule is CC(C)CNCc1cccn1CCC(C)(C)O. The van der Waals surface area contributed by atoms with Crippen molar-refractivity contribution in [2.75, 3.05) is 6.54 Å². The van der Waals surface area contributed by atoms with Gasteiger partial charge in [-0.25, -0.2) is 0 Å². The van der Waals surface area contributed by atoms with Gasteiger partial charge in [0.1, 0.15) is 0 Å². The second-order valence-electron chi connectivity index (χ2n) is 5.78. The summed E-state index contributed by atoms with van der Waals surface area (Å²) in [5.41, 5.74) is 0.697. The van der Waals surface area contributed by atoms with E-state index >= 15 is 0 Å². The zero-order valence-corrected chi connectivity index (χ0v) is 11.5. The highest BCUT2D eigenvalue weighted by molar-refractivity contribution is 5.07. The molecule has 1 aromatic rings. The van der Waals surface area contributed by atoms with Crippen LogP contribution in [0.5, 0.6) is 0 Å². The molecule has 0 aromatic carbocycles. The van der Waals surface area contributed by atoms with Crippen LogP contribution < -0.4 is 5.32 Å². The third-order valence-corrected chi connectivity index (χ3v) is 2.75. The summed E-state index contributed by atoms with van der Waals surface area (Å²) < 4.78 is 2.21. The topological polar surface area (TPSA) is 37.2 Å². The number of aliphatic hydroxyl groups is 1. The molecule has 2 N–H and O–H groups in total. The highest BCUT2D eigenvalue weighted by Gasteiger charge is 2.12. The highest BCUT2D eigenvalue weighted by atomic mass is 16.3. The number of rotatable bonds is 7. The van der Waals surface area contributed by atoms with E-state index < -0.39 is 5.60 Å². The highest BCUT2D eigenvalue weighted by Crippen LogP contribution is 2.11. The van der Waals surface area contributed by atoms with Gasteiger partial charge in [0.15, 0.2) is 0 Å². The van der Waals surface area contributed by atoms with Crippen LogP contribution in [-0.2, 0) is 13.1 Å². The molecule has 3 nitrogen and oxygen atoms in total. The molecule has 0 bridgehead atoms. The van der Waals surface area contributed by atoms with Gasteiger partial charge in [0.25, 0.3) is 0 Å². The third-order valence-electron chi connectivity index (χ3n) is 2.75. The summed E-state index contributed by atoms with van der Waals surface area (Å²) >= 11 is 0. The molecule has 0 saturated carbocycles. The second-order valence-corrected chi connectivity index (χ2v) is 5.78. The van der Waals surface area contributed by atoms with Gasteiger partial charge in [-0.3, -0.25) is 0 Å². The Labute approximate surface area is 105 Å². The minimum Gasteiger partial charge on any atom is -0.390 e. The normalized spacial score (nSPS) is 12.4. The van der Waals surface area contributed by atoms with Crippen LogP contribution in [0, 0.1) is 5.92 Å². The summed E-state index contributed by atoms with van der Waals surface area (Å²) in [5.74, 6) is 0.676. The van der Waals surface area contributed by atoms with E-state index in [-0.39, 0.29) is 0 Å². The number of aryl methyl sites for hydroxylation is 1. The molecule has 0 atom stereocenters. The van der Waals surface area contributed by atoms with Crippen LogP contribution in [0.3, 0.4) is 0 Å². The van der Waals surface area contributed by atoms with E-state index in [1.54, 1.807) is 0 Å². The lowest BCUT2D eigenvalue weighted by Crippen LogP contribution is -2.23. The van der Waals surface area contributed by atoms with Crippen molar-refractivity contribution in [1.29, 1.82) is 0 Å². The number of nitrogens with zero attached hydrogens (tertiary/aromatic N) is 1. The average Bonchev–Trinajstić information content (AvgIpc) is 2.61. The van der Waals surface area contributed by atoms with Gasteiger partial charge in [0.2, 0.25) is 0 Å². The zero-order chi connectivity index (χ0) is 12.9. The largest absolute Gasteiger partial charge is 0.390 e. The van der Waals surface area contributed by atoms with Crippen LogP contribution in [0.15, 0.2) is 18.3 Å². The van der Waals surface area contributed by atoms with Crippen LogP contribution in [0.2, 0.25) is 0 Å². The Balaban J connectivity index is 2.43. The summed E-state index contributed by atoms with van der Waals surface area (Å²) in [6.07, 6.45) is 2.86. The minimum atomic E-state index is -0.590. The summed E-state index contributed by atoms with van der Waals surface area (Å²) in [4.78, 5) is 0. The van der Waals surface area contributed by atoms with E-state index in [9.17, 15) is 5.11 Å². The molecule has 0 amide bonds. The van der Waals surface area contributed by atoms with E-state index in [0.717, 1.165) is 26.1 Å². The van der Waals surface area contributed by atoms with Crippen LogP contribution in [-0.4, -0.2) is 21.8 Å². The van der Waals surface area contributed by atoms with Crippen molar-refractivity contribution in [3.05, 3.63) is 24.0 Å². The molecular formula is C14H26N2O. The van der Waals surface area contributed by atoms with Gasteiger partial charge < -0.3 is 15.0 Å². The van der Waals surface area contributed by atoms with Crippen LogP contribution >= 0.6 is 0 Å².